The summed E-state index contributed by atoms with van der Waals surface area (Å²) in [4.78, 5) is 17.3. The first-order valence-corrected chi connectivity index (χ1v) is 13.4. The van der Waals surface area contributed by atoms with Crippen molar-refractivity contribution in [1.82, 2.24) is 19.9 Å². The maximum atomic E-state index is 12.2. The number of nitrogens with zero attached hydrogens (tertiary/aromatic N) is 1. The maximum absolute atomic E-state index is 12.2. The van der Waals surface area contributed by atoms with Crippen molar-refractivity contribution in [2.75, 3.05) is 45.1 Å². The lowest BCUT2D eigenvalue weighted by Crippen LogP contribution is -2.43. The number of ether oxygens (including phenoxy) is 1. The Kier molecular flexibility index (Phi) is 9.54. The Hall–Kier alpha value is -2.14. The second-order valence-corrected chi connectivity index (χ2v) is 10.4. The molecule has 1 aromatic heterocycles. The molecule has 0 aliphatic carbocycles. The van der Waals surface area contributed by atoms with Crippen molar-refractivity contribution in [2.24, 2.45) is 0 Å². The number of nitrogens with one attached hydrogen (secondary N) is 3. The highest BCUT2D eigenvalue weighted by Gasteiger charge is 2.25. The number of aromatic nitrogens is 1. The fourth-order valence-corrected chi connectivity index (χ4v) is 5.39. The van der Waals surface area contributed by atoms with E-state index >= 15 is 0 Å². The topological polar surface area (TPSA) is 124 Å². The predicted molar refractivity (Wildman–Crippen MR) is 129 cm³/mol. The molecule has 0 radical (unpaired) electrons. The molecule has 1 aliphatic rings. The normalized spacial score (nSPS) is 16.2. The molecule has 0 bridgehead atoms. The van der Waals surface area contributed by atoms with Crippen LogP contribution in [0.15, 0.2) is 24.4 Å². The number of carboxylic acids is 1. The van der Waals surface area contributed by atoms with Gasteiger partial charge in [-0.15, -0.1) is 0 Å². The van der Waals surface area contributed by atoms with E-state index in [1.165, 1.54) is 0 Å². The zero-order valence-corrected chi connectivity index (χ0v) is 20.1. The molecule has 9 nitrogen and oxygen atoms in total. The summed E-state index contributed by atoms with van der Waals surface area (Å²) in [6.45, 7) is 7.89. The fourth-order valence-electron chi connectivity index (χ4n) is 3.99. The molecule has 0 unspecified atom stereocenters. The number of aliphatic carboxylic acids is 1. The average Bonchev–Trinajstić information content (AvgIpc) is 3.19. The first kappa shape index (κ1) is 25.5. The number of benzene rings is 1. The lowest BCUT2D eigenvalue weighted by Gasteiger charge is -2.26. The summed E-state index contributed by atoms with van der Waals surface area (Å²) < 4.78 is 32.7. The highest BCUT2D eigenvalue weighted by molar-refractivity contribution is 7.89. The molecule has 10 heteroatoms. The van der Waals surface area contributed by atoms with Gasteiger partial charge in [-0.1, -0.05) is 13.3 Å². The SMILES string of the molecule is CCCCS(=O)(=O)N[C@@H](Cc1c[nH]c2ccc(OCCCCN3CCNCC3)cc12)C(=O)O. The van der Waals surface area contributed by atoms with E-state index in [1.54, 1.807) is 6.20 Å². The van der Waals surface area contributed by atoms with Crippen LogP contribution in [0.1, 0.15) is 38.2 Å². The minimum Gasteiger partial charge on any atom is -0.494 e. The van der Waals surface area contributed by atoms with Gasteiger partial charge in [0.15, 0.2) is 0 Å². The molecular formula is C23H36N4O5S. The van der Waals surface area contributed by atoms with Crippen molar-refractivity contribution < 1.29 is 23.1 Å². The molecule has 33 heavy (non-hydrogen) atoms. The van der Waals surface area contributed by atoms with Crippen LogP contribution in [0.3, 0.4) is 0 Å². The van der Waals surface area contributed by atoms with Gasteiger partial charge < -0.3 is 25.0 Å². The molecule has 1 aromatic carbocycles. The van der Waals surface area contributed by atoms with Crippen molar-refractivity contribution in [2.45, 2.75) is 45.1 Å². The summed E-state index contributed by atoms with van der Waals surface area (Å²) in [5.74, 6) is -0.546. The molecule has 1 aliphatic heterocycles. The number of carbonyl (C=O) groups is 1. The van der Waals surface area contributed by atoms with Crippen LogP contribution < -0.4 is 14.8 Å². The minimum atomic E-state index is -3.65. The van der Waals surface area contributed by atoms with Crippen LogP contribution in [0.2, 0.25) is 0 Å². The molecule has 2 heterocycles. The molecule has 1 saturated heterocycles. The Balaban J connectivity index is 1.57. The Bertz CT molecular complexity index is 1000. The third kappa shape index (κ3) is 7.99. The Morgan fingerprint density at radius 1 is 1.24 bits per heavy atom. The molecule has 0 spiro atoms. The van der Waals surface area contributed by atoms with Gasteiger partial charge in [-0.05, 0) is 49.6 Å². The van der Waals surface area contributed by atoms with E-state index in [0.29, 0.717) is 13.0 Å². The Labute approximate surface area is 195 Å². The largest absolute Gasteiger partial charge is 0.494 e. The van der Waals surface area contributed by atoms with Gasteiger partial charge in [-0.3, -0.25) is 4.79 Å². The second-order valence-electron chi connectivity index (χ2n) is 8.55. The number of hydrogen-bond acceptors (Lipinski definition) is 6. The van der Waals surface area contributed by atoms with E-state index < -0.39 is 22.0 Å². The minimum absolute atomic E-state index is 0.0504. The Morgan fingerprint density at radius 2 is 2.03 bits per heavy atom. The number of H-pyrrole nitrogens is 1. The number of hydrogen-bond donors (Lipinski definition) is 4. The van der Waals surface area contributed by atoms with Crippen LogP contribution in [0, 0.1) is 0 Å². The quantitative estimate of drug-likeness (QED) is 0.305. The molecule has 1 fully saturated rings. The van der Waals surface area contributed by atoms with E-state index in [1.807, 2.05) is 25.1 Å². The van der Waals surface area contributed by atoms with Gasteiger partial charge in [0.1, 0.15) is 11.8 Å². The third-order valence-electron chi connectivity index (χ3n) is 5.90. The van der Waals surface area contributed by atoms with Crippen molar-refractivity contribution in [3.8, 4) is 5.75 Å². The van der Waals surface area contributed by atoms with Crippen molar-refractivity contribution in [3.63, 3.8) is 0 Å². The summed E-state index contributed by atoms with van der Waals surface area (Å²) in [7, 11) is -3.65. The van der Waals surface area contributed by atoms with E-state index in [4.69, 9.17) is 4.74 Å². The monoisotopic (exact) mass is 480 g/mol. The number of rotatable bonds is 14. The smallest absolute Gasteiger partial charge is 0.322 e. The van der Waals surface area contributed by atoms with Gasteiger partial charge >= 0.3 is 5.97 Å². The fraction of sp³-hybridized carbons (Fsp3) is 0.609. The van der Waals surface area contributed by atoms with Crippen LogP contribution >= 0.6 is 0 Å². The molecule has 184 valence electrons. The summed E-state index contributed by atoms with van der Waals surface area (Å²) in [5.41, 5.74) is 1.59. The highest BCUT2D eigenvalue weighted by Crippen LogP contribution is 2.25. The summed E-state index contributed by atoms with van der Waals surface area (Å²) in [5, 5.41) is 13.8. The number of piperazine rings is 1. The molecule has 0 saturated carbocycles. The van der Waals surface area contributed by atoms with Gasteiger partial charge in [0.05, 0.1) is 12.4 Å². The number of sulfonamides is 1. The zero-order valence-electron chi connectivity index (χ0n) is 19.3. The van der Waals surface area contributed by atoms with Crippen LogP contribution in [-0.2, 0) is 21.2 Å². The Morgan fingerprint density at radius 3 is 2.76 bits per heavy atom. The van der Waals surface area contributed by atoms with Crippen LogP contribution in [0.5, 0.6) is 5.75 Å². The van der Waals surface area contributed by atoms with Gasteiger partial charge in [-0.25, -0.2) is 13.1 Å². The van der Waals surface area contributed by atoms with Crippen molar-refractivity contribution in [1.29, 1.82) is 0 Å². The summed E-state index contributed by atoms with van der Waals surface area (Å²) >= 11 is 0. The van der Waals surface area contributed by atoms with Gasteiger partial charge in [0, 0.05) is 49.7 Å². The molecule has 1 atom stereocenters. The molecule has 0 amide bonds. The second kappa shape index (κ2) is 12.4. The zero-order chi connectivity index (χ0) is 23.7. The maximum Gasteiger partial charge on any atom is 0.322 e. The van der Waals surface area contributed by atoms with Crippen LogP contribution in [0.25, 0.3) is 10.9 Å². The lowest BCUT2D eigenvalue weighted by molar-refractivity contribution is -0.138. The van der Waals surface area contributed by atoms with E-state index in [9.17, 15) is 18.3 Å². The van der Waals surface area contributed by atoms with E-state index in [2.05, 4.69) is 19.9 Å². The van der Waals surface area contributed by atoms with Gasteiger partial charge in [-0.2, -0.15) is 0 Å². The number of carboxylic acid groups (broad SMARTS) is 1. The van der Waals surface area contributed by atoms with Crippen molar-refractivity contribution in [3.05, 3.63) is 30.0 Å². The number of fused-ring (bicyclic) bond motifs is 1. The molecule has 3 rings (SSSR count). The summed E-state index contributed by atoms with van der Waals surface area (Å²) in [6, 6.07) is 4.46. The highest BCUT2D eigenvalue weighted by atomic mass is 32.2. The van der Waals surface area contributed by atoms with Crippen molar-refractivity contribution >= 4 is 26.9 Å². The molecular weight excluding hydrogens is 444 g/mol. The van der Waals surface area contributed by atoms with Gasteiger partial charge in [0.25, 0.3) is 0 Å². The molecule has 4 N–H and O–H groups in total. The first-order valence-electron chi connectivity index (χ1n) is 11.8. The first-order chi connectivity index (χ1) is 15.9. The van der Waals surface area contributed by atoms with E-state index in [0.717, 1.165) is 74.2 Å². The average molecular weight is 481 g/mol. The molecule has 2 aromatic rings. The van der Waals surface area contributed by atoms with E-state index in [-0.39, 0.29) is 12.2 Å². The van der Waals surface area contributed by atoms with Crippen LogP contribution in [0.4, 0.5) is 0 Å². The van der Waals surface area contributed by atoms with Gasteiger partial charge in [0.2, 0.25) is 10.0 Å². The third-order valence-corrected chi connectivity index (χ3v) is 7.37. The number of unbranched alkanes of at least 4 members (excludes halogenated alkanes) is 2. The summed E-state index contributed by atoms with van der Waals surface area (Å²) in [6.07, 6.45) is 5.04. The number of aromatic amines is 1. The lowest BCUT2D eigenvalue weighted by atomic mass is 10.1. The van der Waals surface area contributed by atoms with Crippen LogP contribution in [-0.4, -0.2) is 80.5 Å². The standard InChI is InChI=1S/C23H36N4O5S/c1-2-3-14-33(30,31)26-22(23(28)29)15-18-17-25-21-7-6-19(16-20(18)21)32-13-5-4-10-27-11-8-24-9-12-27/h6-7,16-17,22,24-26H,2-5,8-15H2,1H3,(H,28,29)/t22-/m0/s1. The predicted octanol–water partition coefficient (Wildman–Crippen LogP) is 1.95.